The average Bonchev–Trinajstić information content (AvgIpc) is 2.85. The lowest BCUT2D eigenvalue weighted by atomic mass is 10.2. The van der Waals surface area contributed by atoms with Crippen molar-refractivity contribution in [3.8, 4) is 0 Å². The Morgan fingerprint density at radius 2 is 2.26 bits per heavy atom. The molecule has 0 unspecified atom stereocenters. The first-order valence-corrected chi connectivity index (χ1v) is 8.35. The van der Waals surface area contributed by atoms with E-state index < -0.39 is 10.0 Å². The third kappa shape index (κ3) is 3.69. The average molecular weight is 303 g/mol. The van der Waals surface area contributed by atoms with E-state index in [0.717, 1.165) is 19.4 Å². The van der Waals surface area contributed by atoms with E-state index in [1.807, 2.05) is 0 Å². The van der Waals surface area contributed by atoms with E-state index in [-0.39, 0.29) is 4.90 Å². The zero-order valence-corrected chi connectivity index (χ0v) is 12.5. The van der Waals surface area contributed by atoms with Crippen molar-refractivity contribution in [2.45, 2.75) is 37.1 Å². The van der Waals surface area contributed by atoms with Crippen LogP contribution >= 0.6 is 11.6 Å². The molecule has 2 N–H and O–H groups in total. The smallest absolute Gasteiger partial charge is 0.240 e. The van der Waals surface area contributed by atoms with E-state index in [4.69, 9.17) is 11.6 Å². The van der Waals surface area contributed by atoms with Gasteiger partial charge in [-0.25, -0.2) is 13.1 Å². The van der Waals surface area contributed by atoms with E-state index in [2.05, 4.69) is 10.0 Å². The van der Waals surface area contributed by atoms with Crippen LogP contribution in [0.4, 0.5) is 0 Å². The molecule has 1 aliphatic heterocycles. The Morgan fingerprint density at radius 1 is 1.47 bits per heavy atom. The van der Waals surface area contributed by atoms with Gasteiger partial charge in [-0.2, -0.15) is 0 Å². The Hall–Kier alpha value is -0.620. The molecule has 0 spiro atoms. The van der Waals surface area contributed by atoms with Gasteiger partial charge < -0.3 is 5.32 Å². The fraction of sp³-hybridized carbons (Fsp3) is 0.538. The van der Waals surface area contributed by atoms with Gasteiger partial charge >= 0.3 is 0 Å². The fourth-order valence-electron chi connectivity index (χ4n) is 2.33. The van der Waals surface area contributed by atoms with Crippen molar-refractivity contribution in [3.05, 3.63) is 28.8 Å². The lowest BCUT2D eigenvalue weighted by molar-refractivity contribution is 0.539. The first-order valence-electron chi connectivity index (χ1n) is 6.49. The molecule has 1 atom stereocenters. The number of hydrogen-bond acceptors (Lipinski definition) is 3. The molecule has 19 heavy (non-hydrogen) atoms. The number of sulfonamides is 1. The maximum absolute atomic E-state index is 12.2. The predicted octanol–water partition coefficient (Wildman–Crippen LogP) is 2.07. The van der Waals surface area contributed by atoms with E-state index in [1.54, 1.807) is 25.1 Å². The lowest BCUT2D eigenvalue weighted by Crippen LogP contribution is -2.31. The van der Waals surface area contributed by atoms with Crippen LogP contribution in [0.3, 0.4) is 0 Å². The van der Waals surface area contributed by atoms with E-state index in [1.165, 1.54) is 6.42 Å². The van der Waals surface area contributed by atoms with Crippen molar-refractivity contribution in [3.63, 3.8) is 0 Å². The molecule has 0 radical (unpaired) electrons. The lowest BCUT2D eigenvalue weighted by Gasteiger charge is -2.12. The molecule has 0 amide bonds. The summed E-state index contributed by atoms with van der Waals surface area (Å²) in [4.78, 5) is 0.263. The Balaban J connectivity index is 1.99. The molecular weight excluding hydrogens is 284 g/mol. The second-order valence-corrected chi connectivity index (χ2v) is 6.99. The van der Waals surface area contributed by atoms with Gasteiger partial charge in [-0.15, -0.1) is 0 Å². The molecule has 2 rings (SSSR count). The highest BCUT2D eigenvalue weighted by molar-refractivity contribution is 7.89. The SMILES string of the molecule is Cc1c(Cl)cccc1S(=O)(=O)NCC[C@@H]1CCCN1. The van der Waals surface area contributed by atoms with Crippen LogP contribution in [-0.2, 0) is 10.0 Å². The minimum Gasteiger partial charge on any atom is -0.314 e. The molecule has 0 aliphatic carbocycles. The first kappa shape index (κ1) is 14.8. The summed E-state index contributed by atoms with van der Waals surface area (Å²) in [7, 11) is -3.47. The molecule has 0 aromatic heterocycles. The zero-order chi connectivity index (χ0) is 13.9. The summed E-state index contributed by atoms with van der Waals surface area (Å²) in [5, 5.41) is 3.82. The highest BCUT2D eigenvalue weighted by atomic mass is 35.5. The van der Waals surface area contributed by atoms with E-state index in [0.29, 0.717) is 23.2 Å². The minimum atomic E-state index is -3.47. The van der Waals surface area contributed by atoms with Gasteiger partial charge in [0.25, 0.3) is 0 Å². The van der Waals surface area contributed by atoms with Gasteiger partial charge in [0.2, 0.25) is 10.0 Å². The molecule has 1 heterocycles. The largest absolute Gasteiger partial charge is 0.314 e. The van der Waals surface area contributed by atoms with Gasteiger partial charge in [-0.3, -0.25) is 0 Å². The molecule has 0 saturated carbocycles. The maximum Gasteiger partial charge on any atom is 0.240 e. The van der Waals surface area contributed by atoms with Crippen LogP contribution in [0.25, 0.3) is 0 Å². The van der Waals surface area contributed by atoms with Gasteiger partial charge in [0, 0.05) is 17.6 Å². The van der Waals surface area contributed by atoms with Crippen molar-refractivity contribution in [2.24, 2.45) is 0 Å². The van der Waals surface area contributed by atoms with Crippen molar-refractivity contribution < 1.29 is 8.42 Å². The van der Waals surface area contributed by atoms with E-state index >= 15 is 0 Å². The molecule has 1 fully saturated rings. The summed E-state index contributed by atoms with van der Waals surface area (Å²) >= 11 is 5.96. The predicted molar refractivity (Wildman–Crippen MR) is 77.0 cm³/mol. The third-order valence-corrected chi connectivity index (χ3v) is 5.47. The maximum atomic E-state index is 12.2. The van der Waals surface area contributed by atoms with E-state index in [9.17, 15) is 8.42 Å². The minimum absolute atomic E-state index is 0.263. The van der Waals surface area contributed by atoms with Crippen LogP contribution in [0.1, 0.15) is 24.8 Å². The summed E-state index contributed by atoms with van der Waals surface area (Å²) < 4.78 is 27.0. The van der Waals surface area contributed by atoms with Gasteiger partial charge in [-0.1, -0.05) is 17.7 Å². The standard InChI is InChI=1S/C13H19ClN2O2S/c1-10-12(14)5-2-6-13(10)19(17,18)16-9-7-11-4-3-8-15-11/h2,5-6,11,15-16H,3-4,7-9H2,1H3/t11-/m0/s1. The van der Waals surface area contributed by atoms with Crippen molar-refractivity contribution >= 4 is 21.6 Å². The first-order chi connectivity index (χ1) is 9.00. The van der Waals surface area contributed by atoms with Crippen molar-refractivity contribution in [1.82, 2.24) is 10.0 Å². The summed E-state index contributed by atoms with van der Waals surface area (Å²) in [5.41, 5.74) is 0.593. The summed E-state index contributed by atoms with van der Waals surface area (Å²) in [6.45, 7) is 3.20. The Bertz CT molecular complexity index is 540. The molecule has 0 bridgehead atoms. The molecular formula is C13H19ClN2O2S. The number of hydrogen-bond donors (Lipinski definition) is 2. The number of rotatable bonds is 5. The van der Waals surface area contributed by atoms with Gasteiger partial charge in [0.05, 0.1) is 4.90 Å². The normalized spacial score (nSPS) is 19.8. The molecule has 4 nitrogen and oxygen atoms in total. The summed E-state index contributed by atoms with van der Waals surface area (Å²) in [6.07, 6.45) is 3.11. The molecule has 1 aromatic carbocycles. The van der Waals surface area contributed by atoms with Crippen molar-refractivity contribution in [2.75, 3.05) is 13.1 Å². The molecule has 1 saturated heterocycles. The molecule has 106 valence electrons. The van der Waals surface area contributed by atoms with Crippen LogP contribution in [-0.4, -0.2) is 27.5 Å². The molecule has 6 heteroatoms. The Morgan fingerprint density at radius 3 is 2.95 bits per heavy atom. The van der Waals surface area contributed by atoms with Crippen LogP contribution in [0, 0.1) is 6.92 Å². The molecule has 1 aliphatic rings. The van der Waals surface area contributed by atoms with Gasteiger partial charge in [0.1, 0.15) is 0 Å². The quantitative estimate of drug-likeness (QED) is 0.875. The summed E-state index contributed by atoms with van der Waals surface area (Å²) in [6, 6.07) is 5.36. The zero-order valence-electron chi connectivity index (χ0n) is 10.9. The number of benzene rings is 1. The van der Waals surface area contributed by atoms with Crippen LogP contribution in [0.15, 0.2) is 23.1 Å². The second kappa shape index (κ2) is 6.22. The molecule has 1 aromatic rings. The van der Waals surface area contributed by atoms with Crippen LogP contribution < -0.4 is 10.0 Å². The third-order valence-electron chi connectivity index (χ3n) is 3.45. The van der Waals surface area contributed by atoms with Crippen molar-refractivity contribution in [1.29, 1.82) is 0 Å². The number of halogens is 1. The second-order valence-electron chi connectivity index (χ2n) is 4.84. The topological polar surface area (TPSA) is 58.2 Å². The highest BCUT2D eigenvalue weighted by Crippen LogP contribution is 2.22. The highest BCUT2D eigenvalue weighted by Gasteiger charge is 2.19. The summed E-state index contributed by atoms with van der Waals surface area (Å²) in [5.74, 6) is 0. The number of nitrogens with one attached hydrogen (secondary N) is 2. The van der Waals surface area contributed by atoms with Crippen LogP contribution in [0.5, 0.6) is 0 Å². The Labute approximate surface area is 119 Å². The van der Waals surface area contributed by atoms with Gasteiger partial charge in [0.15, 0.2) is 0 Å². The monoisotopic (exact) mass is 302 g/mol. The van der Waals surface area contributed by atoms with Gasteiger partial charge in [-0.05, 0) is 50.4 Å². The Kier molecular flexibility index (Phi) is 4.84. The van der Waals surface area contributed by atoms with Crippen LogP contribution in [0.2, 0.25) is 5.02 Å². The fourth-order valence-corrected chi connectivity index (χ4v) is 3.87.